The predicted molar refractivity (Wildman–Crippen MR) is 95.4 cm³/mol. The van der Waals surface area contributed by atoms with E-state index in [9.17, 15) is 9.59 Å². The number of nitrogens with one attached hydrogen (secondary N) is 1. The molecule has 3 rings (SSSR count). The quantitative estimate of drug-likeness (QED) is 0.892. The van der Waals surface area contributed by atoms with Crippen LogP contribution in [0.15, 0.2) is 24.3 Å². The molecule has 0 radical (unpaired) electrons. The third-order valence-electron chi connectivity index (χ3n) is 4.79. The molecule has 6 nitrogen and oxygen atoms in total. The molecule has 136 valence electrons. The number of hydrogen-bond acceptors (Lipinski definition) is 3. The number of urea groups is 1. The second kappa shape index (κ2) is 8.54. The summed E-state index contributed by atoms with van der Waals surface area (Å²) in [6.07, 6.45) is 1.45. The van der Waals surface area contributed by atoms with Gasteiger partial charge in [-0.1, -0.05) is 23.7 Å². The third kappa shape index (κ3) is 4.86. The molecule has 1 aromatic carbocycles. The lowest BCUT2D eigenvalue weighted by atomic mass is 9.95. The number of ether oxygens (including phenoxy) is 1. The number of amides is 3. The molecule has 1 aromatic rings. The minimum Gasteiger partial charge on any atom is -0.378 e. The maximum atomic E-state index is 12.5. The fourth-order valence-electron chi connectivity index (χ4n) is 3.31. The molecule has 0 saturated carbocycles. The summed E-state index contributed by atoms with van der Waals surface area (Å²) in [5, 5.41) is 3.58. The normalized spacial score (nSPS) is 18.9. The van der Waals surface area contributed by atoms with Crippen molar-refractivity contribution in [2.45, 2.75) is 19.4 Å². The van der Waals surface area contributed by atoms with Crippen LogP contribution in [0.1, 0.15) is 18.4 Å². The number of benzene rings is 1. The number of rotatable bonds is 3. The smallest absolute Gasteiger partial charge is 0.317 e. The van der Waals surface area contributed by atoms with Crippen molar-refractivity contribution in [3.63, 3.8) is 0 Å². The van der Waals surface area contributed by atoms with E-state index in [1.165, 1.54) is 0 Å². The van der Waals surface area contributed by atoms with Crippen molar-refractivity contribution in [3.8, 4) is 0 Å². The van der Waals surface area contributed by atoms with Gasteiger partial charge in [-0.2, -0.15) is 0 Å². The Hall–Kier alpha value is -1.79. The molecule has 0 aliphatic carbocycles. The molecule has 1 N–H and O–H groups in total. The van der Waals surface area contributed by atoms with Crippen molar-refractivity contribution in [2.75, 3.05) is 39.4 Å². The van der Waals surface area contributed by atoms with Crippen molar-refractivity contribution in [1.82, 2.24) is 15.1 Å². The van der Waals surface area contributed by atoms with Crippen LogP contribution in [0.2, 0.25) is 5.02 Å². The molecule has 2 aliphatic rings. The molecule has 0 atom stereocenters. The van der Waals surface area contributed by atoms with Crippen molar-refractivity contribution in [2.24, 2.45) is 5.92 Å². The minimum absolute atomic E-state index is 0.0232. The first-order chi connectivity index (χ1) is 12.1. The first-order valence-corrected chi connectivity index (χ1v) is 9.15. The topological polar surface area (TPSA) is 61.9 Å². The zero-order valence-corrected chi connectivity index (χ0v) is 15.0. The van der Waals surface area contributed by atoms with Crippen molar-refractivity contribution in [3.05, 3.63) is 34.9 Å². The molecule has 0 bridgehead atoms. The zero-order valence-electron chi connectivity index (χ0n) is 14.2. The minimum atomic E-state index is -0.0859. The number of nitrogens with zero attached hydrogens (tertiary/aromatic N) is 2. The molecule has 0 aromatic heterocycles. The summed E-state index contributed by atoms with van der Waals surface area (Å²) < 4.78 is 5.29. The SMILES string of the molecule is O=C(NCc1cccc(Cl)c1)N1CCC(C(=O)N2CCOCC2)CC1. The van der Waals surface area contributed by atoms with Gasteiger partial charge >= 0.3 is 6.03 Å². The standard InChI is InChI=1S/C18H24ClN3O3/c19-16-3-1-2-14(12-16)13-20-18(24)22-6-4-15(5-7-22)17(23)21-8-10-25-11-9-21/h1-3,12,15H,4-11,13H2,(H,20,24). The van der Waals surface area contributed by atoms with Gasteiger partial charge in [0.25, 0.3) is 0 Å². The van der Waals surface area contributed by atoms with Gasteiger partial charge in [0.15, 0.2) is 0 Å². The first-order valence-electron chi connectivity index (χ1n) is 8.77. The van der Waals surface area contributed by atoms with Gasteiger partial charge < -0.3 is 19.9 Å². The molecular formula is C18H24ClN3O3. The number of halogens is 1. The Morgan fingerprint density at radius 1 is 1.12 bits per heavy atom. The maximum absolute atomic E-state index is 12.5. The Morgan fingerprint density at radius 2 is 1.84 bits per heavy atom. The predicted octanol–water partition coefficient (Wildman–Crippen LogP) is 2.12. The molecule has 3 amide bonds. The Kier molecular flexibility index (Phi) is 6.15. The van der Waals surface area contributed by atoms with E-state index < -0.39 is 0 Å². The molecule has 0 spiro atoms. The van der Waals surface area contributed by atoms with E-state index in [4.69, 9.17) is 16.3 Å². The van der Waals surface area contributed by atoms with E-state index >= 15 is 0 Å². The summed E-state index contributed by atoms with van der Waals surface area (Å²) in [6.45, 7) is 4.28. The summed E-state index contributed by atoms with van der Waals surface area (Å²) in [6, 6.07) is 7.36. The number of hydrogen-bond donors (Lipinski definition) is 1. The van der Waals surface area contributed by atoms with E-state index in [1.54, 1.807) is 4.90 Å². The lowest BCUT2D eigenvalue weighted by Crippen LogP contribution is -2.49. The van der Waals surface area contributed by atoms with Gasteiger partial charge in [0.1, 0.15) is 0 Å². The van der Waals surface area contributed by atoms with E-state index in [1.807, 2.05) is 29.2 Å². The highest BCUT2D eigenvalue weighted by Crippen LogP contribution is 2.20. The van der Waals surface area contributed by atoms with Crippen LogP contribution >= 0.6 is 11.6 Å². The fourth-order valence-corrected chi connectivity index (χ4v) is 3.52. The lowest BCUT2D eigenvalue weighted by molar-refractivity contribution is -0.141. The maximum Gasteiger partial charge on any atom is 0.317 e. The van der Waals surface area contributed by atoms with Gasteiger partial charge in [-0.05, 0) is 30.5 Å². The number of carbonyl (C=O) groups is 2. The summed E-state index contributed by atoms with van der Waals surface area (Å²) in [5.74, 6) is 0.234. The highest BCUT2D eigenvalue weighted by atomic mass is 35.5. The molecule has 2 heterocycles. The average Bonchev–Trinajstić information content (AvgIpc) is 2.66. The van der Waals surface area contributed by atoms with Crippen molar-refractivity contribution in [1.29, 1.82) is 0 Å². The first kappa shape index (κ1) is 18.0. The lowest BCUT2D eigenvalue weighted by Gasteiger charge is -2.35. The molecule has 7 heteroatoms. The van der Waals surface area contributed by atoms with Crippen LogP contribution in [0.25, 0.3) is 0 Å². The Morgan fingerprint density at radius 3 is 2.52 bits per heavy atom. The number of morpholine rings is 1. The van der Waals surface area contributed by atoms with Gasteiger partial charge in [0, 0.05) is 43.7 Å². The van der Waals surface area contributed by atoms with Crippen LogP contribution in [0.5, 0.6) is 0 Å². The van der Waals surface area contributed by atoms with Crippen LogP contribution in [-0.4, -0.2) is 61.1 Å². The number of piperidine rings is 1. The Bertz CT molecular complexity index is 611. The third-order valence-corrected chi connectivity index (χ3v) is 5.02. The second-order valence-electron chi connectivity index (χ2n) is 6.49. The van der Waals surface area contributed by atoms with Crippen LogP contribution in [0, 0.1) is 5.92 Å². The van der Waals surface area contributed by atoms with E-state index in [2.05, 4.69) is 5.32 Å². The summed E-state index contributed by atoms with van der Waals surface area (Å²) in [5.41, 5.74) is 0.971. The number of carbonyl (C=O) groups excluding carboxylic acids is 2. The van der Waals surface area contributed by atoms with E-state index in [0.717, 1.165) is 18.4 Å². The largest absolute Gasteiger partial charge is 0.378 e. The summed E-state index contributed by atoms with van der Waals surface area (Å²) in [7, 11) is 0. The molecular weight excluding hydrogens is 342 g/mol. The van der Waals surface area contributed by atoms with E-state index in [0.29, 0.717) is 51.0 Å². The van der Waals surface area contributed by atoms with Gasteiger partial charge in [0.2, 0.25) is 5.91 Å². The van der Waals surface area contributed by atoms with Gasteiger partial charge in [-0.25, -0.2) is 4.79 Å². The van der Waals surface area contributed by atoms with Crippen molar-refractivity contribution >= 4 is 23.5 Å². The molecule has 2 fully saturated rings. The molecule has 25 heavy (non-hydrogen) atoms. The monoisotopic (exact) mass is 365 g/mol. The van der Waals surface area contributed by atoms with Crippen molar-refractivity contribution < 1.29 is 14.3 Å². The van der Waals surface area contributed by atoms with Crippen LogP contribution in [0.4, 0.5) is 4.79 Å². The number of likely N-dealkylation sites (tertiary alicyclic amines) is 1. The Balaban J connectivity index is 1.43. The summed E-state index contributed by atoms with van der Waals surface area (Å²) >= 11 is 5.95. The highest BCUT2D eigenvalue weighted by Gasteiger charge is 2.30. The Labute approximate surface area is 153 Å². The zero-order chi connectivity index (χ0) is 17.6. The van der Waals surface area contributed by atoms with Gasteiger partial charge in [0.05, 0.1) is 13.2 Å². The molecule has 2 saturated heterocycles. The molecule has 0 unspecified atom stereocenters. The van der Waals surface area contributed by atoms with Gasteiger partial charge in [-0.3, -0.25) is 4.79 Å². The summed E-state index contributed by atoms with van der Waals surface area (Å²) in [4.78, 5) is 28.5. The highest BCUT2D eigenvalue weighted by molar-refractivity contribution is 6.30. The second-order valence-corrected chi connectivity index (χ2v) is 6.92. The van der Waals surface area contributed by atoms with Crippen LogP contribution in [-0.2, 0) is 16.1 Å². The van der Waals surface area contributed by atoms with Crippen LogP contribution < -0.4 is 5.32 Å². The average molecular weight is 366 g/mol. The molecule has 2 aliphatic heterocycles. The fraction of sp³-hybridized carbons (Fsp3) is 0.556. The van der Waals surface area contributed by atoms with Gasteiger partial charge in [-0.15, -0.1) is 0 Å². The van der Waals surface area contributed by atoms with Crippen LogP contribution in [0.3, 0.4) is 0 Å². The van der Waals surface area contributed by atoms with E-state index in [-0.39, 0.29) is 17.9 Å².